The molecule has 118 valence electrons. The highest BCUT2D eigenvalue weighted by atomic mass is 35.5. The first-order valence-electron chi connectivity index (χ1n) is 7.62. The van der Waals surface area contributed by atoms with Crippen LogP contribution in [0.3, 0.4) is 0 Å². The molecule has 3 N–H and O–H groups in total. The Labute approximate surface area is 134 Å². The predicted molar refractivity (Wildman–Crippen MR) is 89.5 cm³/mol. The van der Waals surface area contributed by atoms with Crippen LogP contribution in [0.1, 0.15) is 50.8 Å². The lowest BCUT2D eigenvalue weighted by atomic mass is 9.97. The summed E-state index contributed by atoms with van der Waals surface area (Å²) in [6.45, 7) is 6.18. The standard InChI is InChI=1S/C17H26N2O.ClH/c1-11(2)10-13-4-6-14(7-5-13)16(15-8-9-15)19-17(20)12(3)18;/h4-7,11-12,15-16H,8-10,18H2,1-3H3,(H,19,20);1H/t12-,16?;/m0./s1. The molecule has 21 heavy (non-hydrogen) atoms. The maximum Gasteiger partial charge on any atom is 0.237 e. The van der Waals surface area contributed by atoms with E-state index in [0.29, 0.717) is 11.8 Å². The molecule has 0 bridgehead atoms. The average Bonchev–Trinajstić information content (AvgIpc) is 3.20. The summed E-state index contributed by atoms with van der Waals surface area (Å²) in [4.78, 5) is 11.8. The molecule has 0 saturated heterocycles. The van der Waals surface area contributed by atoms with Crippen LogP contribution >= 0.6 is 12.4 Å². The van der Waals surface area contributed by atoms with Gasteiger partial charge in [0.2, 0.25) is 5.91 Å². The Morgan fingerprint density at radius 1 is 1.24 bits per heavy atom. The molecule has 1 aromatic carbocycles. The normalized spacial score (nSPS) is 17.0. The molecule has 2 atom stereocenters. The van der Waals surface area contributed by atoms with E-state index in [1.165, 1.54) is 24.0 Å². The molecule has 0 radical (unpaired) electrons. The van der Waals surface area contributed by atoms with E-state index in [-0.39, 0.29) is 24.4 Å². The number of nitrogens with one attached hydrogen (secondary N) is 1. The number of rotatable bonds is 6. The van der Waals surface area contributed by atoms with Crippen LogP contribution in [0.15, 0.2) is 24.3 Å². The Kier molecular flexibility index (Phi) is 6.69. The molecule has 4 heteroatoms. The smallest absolute Gasteiger partial charge is 0.237 e. The summed E-state index contributed by atoms with van der Waals surface area (Å²) in [7, 11) is 0. The summed E-state index contributed by atoms with van der Waals surface area (Å²) < 4.78 is 0. The van der Waals surface area contributed by atoms with E-state index in [1.54, 1.807) is 6.92 Å². The summed E-state index contributed by atoms with van der Waals surface area (Å²) in [6.07, 6.45) is 3.48. The van der Waals surface area contributed by atoms with Crippen molar-refractivity contribution in [1.82, 2.24) is 5.32 Å². The van der Waals surface area contributed by atoms with Crippen LogP contribution < -0.4 is 11.1 Å². The lowest BCUT2D eigenvalue weighted by Gasteiger charge is -2.20. The first-order valence-corrected chi connectivity index (χ1v) is 7.62. The Balaban J connectivity index is 0.00000220. The molecule has 1 amide bonds. The van der Waals surface area contributed by atoms with Crippen molar-refractivity contribution in [2.24, 2.45) is 17.6 Å². The Bertz CT molecular complexity index is 452. The van der Waals surface area contributed by atoms with Crippen LogP contribution in [-0.2, 0) is 11.2 Å². The van der Waals surface area contributed by atoms with Gasteiger partial charge in [0.05, 0.1) is 12.1 Å². The Morgan fingerprint density at radius 3 is 2.24 bits per heavy atom. The second kappa shape index (κ2) is 7.81. The fourth-order valence-corrected chi connectivity index (χ4v) is 2.52. The fourth-order valence-electron chi connectivity index (χ4n) is 2.52. The molecule has 3 nitrogen and oxygen atoms in total. The number of hydrogen-bond acceptors (Lipinski definition) is 2. The Hall–Kier alpha value is -1.06. The number of amides is 1. The third kappa shape index (κ3) is 5.33. The third-order valence-electron chi connectivity index (χ3n) is 3.79. The summed E-state index contributed by atoms with van der Waals surface area (Å²) in [5, 5.41) is 3.09. The summed E-state index contributed by atoms with van der Waals surface area (Å²) in [5.41, 5.74) is 8.21. The van der Waals surface area contributed by atoms with Gasteiger partial charge in [-0.3, -0.25) is 4.79 Å². The van der Waals surface area contributed by atoms with Gasteiger partial charge in [-0.15, -0.1) is 12.4 Å². The molecule has 1 aromatic rings. The van der Waals surface area contributed by atoms with E-state index in [9.17, 15) is 4.79 Å². The summed E-state index contributed by atoms with van der Waals surface area (Å²) >= 11 is 0. The van der Waals surface area contributed by atoms with Gasteiger partial charge in [-0.25, -0.2) is 0 Å². The predicted octanol–water partition coefficient (Wildman–Crippen LogP) is 3.22. The highest BCUT2D eigenvalue weighted by Crippen LogP contribution is 2.41. The van der Waals surface area contributed by atoms with Gasteiger partial charge in [-0.2, -0.15) is 0 Å². The van der Waals surface area contributed by atoms with Crippen molar-refractivity contribution in [2.45, 2.75) is 52.1 Å². The average molecular weight is 311 g/mol. The Morgan fingerprint density at radius 2 is 1.81 bits per heavy atom. The van der Waals surface area contributed by atoms with Crippen LogP contribution in [0.2, 0.25) is 0 Å². The van der Waals surface area contributed by atoms with Crippen molar-refractivity contribution in [3.8, 4) is 0 Å². The van der Waals surface area contributed by atoms with E-state index >= 15 is 0 Å². The van der Waals surface area contributed by atoms with E-state index in [0.717, 1.165) is 6.42 Å². The highest BCUT2D eigenvalue weighted by Gasteiger charge is 2.33. The molecule has 2 rings (SSSR count). The number of carbonyl (C=O) groups is 1. The topological polar surface area (TPSA) is 55.1 Å². The van der Waals surface area contributed by atoms with Gasteiger partial charge in [0.15, 0.2) is 0 Å². The summed E-state index contributed by atoms with van der Waals surface area (Å²) in [6, 6.07) is 8.36. The lowest BCUT2D eigenvalue weighted by molar-refractivity contribution is -0.122. The van der Waals surface area contributed by atoms with Crippen molar-refractivity contribution in [3.63, 3.8) is 0 Å². The van der Waals surface area contributed by atoms with Gasteiger partial charge in [0, 0.05) is 0 Å². The molecule has 0 heterocycles. The van der Waals surface area contributed by atoms with E-state index in [1.807, 2.05) is 0 Å². The fraction of sp³-hybridized carbons (Fsp3) is 0.588. The minimum atomic E-state index is -0.448. The zero-order valence-corrected chi connectivity index (χ0v) is 14.0. The van der Waals surface area contributed by atoms with Crippen molar-refractivity contribution in [1.29, 1.82) is 0 Å². The first-order chi connectivity index (χ1) is 9.47. The molecule has 1 aliphatic rings. The van der Waals surface area contributed by atoms with Crippen molar-refractivity contribution in [2.75, 3.05) is 0 Å². The van der Waals surface area contributed by atoms with E-state index < -0.39 is 6.04 Å². The van der Waals surface area contributed by atoms with Gasteiger partial charge in [-0.05, 0) is 49.1 Å². The molecule has 1 fully saturated rings. The van der Waals surface area contributed by atoms with Gasteiger partial charge >= 0.3 is 0 Å². The third-order valence-corrected chi connectivity index (χ3v) is 3.79. The molecule has 1 aliphatic carbocycles. The van der Waals surface area contributed by atoms with Crippen LogP contribution in [0.25, 0.3) is 0 Å². The largest absolute Gasteiger partial charge is 0.348 e. The molecule has 0 aliphatic heterocycles. The molecule has 0 aromatic heterocycles. The highest BCUT2D eigenvalue weighted by molar-refractivity contribution is 5.85. The molecular formula is C17H27ClN2O. The minimum Gasteiger partial charge on any atom is -0.348 e. The van der Waals surface area contributed by atoms with Crippen LogP contribution in [0.5, 0.6) is 0 Å². The number of halogens is 1. The molecule has 0 spiro atoms. The van der Waals surface area contributed by atoms with Crippen molar-refractivity contribution >= 4 is 18.3 Å². The van der Waals surface area contributed by atoms with Crippen molar-refractivity contribution in [3.05, 3.63) is 35.4 Å². The molecule has 1 saturated carbocycles. The lowest BCUT2D eigenvalue weighted by Crippen LogP contribution is -2.40. The maximum absolute atomic E-state index is 11.8. The molecular weight excluding hydrogens is 284 g/mol. The quantitative estimate of drug-likeness (QED) is 0.847. The van der Waals surface area contributed by atoms with Crippen LogP contribution in [0, 0.1) is 11.8 Å². The van der Waals surface area contributed by atoms with Gasteiger partial charge in [-0.1, -0.05) is 38.1 Å². The van der Waals surface area contributed by atoms with Crippen LogP contribution in [0.4, 0.5) is 0 Å². The number of hydrogen-bond donors (Lipinski definition) is 2. The van der Waals surface area contributed by atoms with Crippen LogP contribution in [-0.4, -0.2) is 11.9 Å². The second-order valence-corrected chi connectivity index (χ2v) is 6.45. The maximum atomic E-state index is 11.8. The van der Waals surface area contributed by atoms with Gasteiger partial charge < -0.3 is 11.1 Å². The number of benzene rings is 1. The number of carbonyl (C=O) groups excluding carboxylic acids is 1. The van der Waals surface area contributed by atoms with E-state index in [2.05, 4.69) is 43.4 Å². The van der Waals surface area contributed by atoms with Crippen molar-refractivity contribution < 1.29 is 4.79 Å². The first kappa shape index (κ1) is 18.0. The minimum absolute atomic E-state index is 0. The second-order valence-electron chi connectivity index (χ2n) is 6.45. The van der Waals surface area contributed by atoms with E-state index in [4.69, 9.17) is 5.73 Å². The zero-order valence-electron chi connectivity index (χ0n) is 13.1. The SMILES string of the molecule is CC(C)Cc1ccc(C(NC(=O)[C@H](C)N)C2CC2)cc1.Cl. The number of nitrogens with two attached hydrogens (primary N) is 1. The van der Waals surface area contributed by atoms with Gasteiger partial charge in [0.1, 0.15) is 0 Å². The summed E-state index contributed by atoms with van der Waals surface area (Å²) in [5.74, 6) is 1.18. The van der Waals surface area contributed by atoms with Gasteiger partial charge in [0.25, 0.3) is 0 Å². The monoisotopic (exact) mass is 310 g/mol. The zero-order chi connectivity index (χ0) is 14.7. The molecule has 1 unspecified atom stereocenters.